The number of esters is 1. The summed E-state index contributed by atoms with van der Waals surface area (Å²) in [6, 6.07) is 56.1. The molecule has 0 atom stereocenters. The standard InChI is InChI=1S/C11H14O3.C10H8N2O2.C10H14O4.C10H12O4.2C10H12O3.2C10H14O2.C9H10O4.C9H10O3.C9H12O2/c1-4-10(12)9-7-8(13-2)5-6-11(9)14-3;1-13-9-3-4-10(14-2)8(6-12)7(9)5-11;1-11-7-5-6-8(12-2)10(14-4)9(7)13-3;1-12-7-4-5-9(13-2)8(6-7)10(11)14-3;2*1-7(11)9-6-8(12-2)4-5-10(9)13-3;1-7-8(2)10(12-4)6-5-9(7)11-3;1-4-8-7-9(11-2)5-6-10(8)12-3;1-12-6-3-4-8(13-2)7(5-6)9(10)11;1-11-8-3-4-9(12-2)7(5-8)6-10;1-7-6-8(10-2)4-5-9(7)11-3/h5-7H,4H2,1-3H3;3-4H,1-2H3;5-6H,1-4H3;4-6H,1-3H3;2*4-6H,1-3H3;5-6H,1-4H3;5-7H,4H2,1-3H3;3-5H,1-2H3,(H,10,11);3-6H,1-2H3;4-6H,1-3H3. The molecule has 0 unspecified atom stereocenters. The number of nitriles is 2. The van der Waals surface area contributed by atoms with E-state index in [1.54, 1.807) is 234 Å². The molecule has 0 aliphatic carbocycles. The van der Waals surface area contributed by atoms with Crippen LogP contribution < -0.4 is 114 Å². The van der Waals surface area contributed by atoms with E-state index in [1.807, 2.05) is 88.4 Å². The molecule has 0 aromatic heterocycles. The van der Waals surface area contributed by atoms with Gasteiger partial charge in [-0.15, -0.1) is 0 Å². The summed E-state index contributed by atoms with van der Waals surface area (Å²) in [5.74, 6) is 13.8. The molecule has 0 radical (unpaired) electrons. The first-order chi connectivity index (χ1) is 68.2. The van der Waals surface area contributed by atoms with Crippen LogP contribution in [-0.2, 0) is 11.2 Å². The highest BCUT2D eigenvalue weighted by Crippen LogP contribution is 2.44. The van der Waals surface area contributed by atoms with Crippen LogP contribution >= 0.6 is 0 Å². The number of hydrogen-bond acceptors (Lipinski definition) is 33. The Kier molecular flexibility index (Phi) is 59.2. The number of aldehydes is 1. The fraction of sp³-hybridized carbons (Fsp3) is 0.315. The van der Waals surface area contributed by atoms with Gasteiger partial charge in [-0.1, -0.05) is 13.8 Å². The summed E-state index contributed by atoms with van der Waals surface area (Å²) in [7, 11) is 38.8. The molecule has 0 fully saturated rings. The Hall–Kier alpha value is -16.8. The molecule has 0 spiro atoms. The maximum atomic E-state index is 11.5. The Labute approximate surface area is 832 Å². The van der Waals surface area contributed by atoms with Crippen molar-refractivity contribution in [3.8, 4) is 150 Å². The molecule has 34 nitrogen and oxygen atoms in total. The molecule has 0 aliphatic heterocycles. The molecule has 766 valence electrons. The molecule has 1 N–H and O–H groups in total. The molecule has 0 amide bonds. The van der Waals surface area contributed by atoms with Gasteiger partial charge in [0.05, 0.1) is 200 Å². The van der Waals surface area contributed by atoms with Gasteiger partial charge in [-0.2, -0.15) is 10.5 Å². The molecule has 0 bridgehead atoms. The number of carboxylic acid groups (broad SMARTS) is 1. The van der Waals surface area contributed by atoms with E-state index in [1.165, 1.54) is 96.6 Å². The molecular weight excluding hydrogens is 1840 g/mol. The van der Waals surface area contributed by atoms with Crippen LogP contribution in [-0.4, -0.2) is 218 Å². The maximum absolute atomic E-state index is 11.5. The van der Waals surface area contributed by atoms with Gasteiger partial charge in [0.1, 0.15) is 149 Å². The fourth-order valence-electron chi connectivity index (χ4n) is 12.1. The first-order valence-corrected chi connectivity index (χ1v) is 42.8. The van der Waals surface area contributed by atoms with E-state index >= 15 is 0 Å². The second kappa shape index (κ2) is 68.3. The van der Waals surface area contributed by atoms with E-state index in [9.17, 15) is 28.8 Å². The van der Waals surface area contributed by atoms with E-state index < -0.39 is 11.9 Å². The molecule has 11 aromatic rings. The van der Waals surface area contributed by atoms with Crippen molar-refractivity contribution >= 4 is 35.6 Å². The smallest absolute Gasteiger partial charge is 0.341 e. The fourth-order valence-corrected chi connectivity index (χ4v) is 12.1. The third-order valence-electron chi connectivity index (χ3n) is 19.9. The summed E-state index contributed by atoms with van der Waals surface area (Å²) < 4.78 is 126. The van der Waals surface area contributed by atoms with Gasteiger partial charge >= 0.3 is 11.9 Å². The van der Waals surface area contributed by atoms with Crippen LogP contribution in [0, 0.1) is 43.4 Å². The Morgan fingerprint density at radius 1 is 0.282 bits per heavy atom. The van der Waals surface area contributed by atoms with Gasteiger partial charge in [0.2, 0.25) is 11.5 Å². The van der Waals surface area contributed by atoms with Crippen LogP contribution in [0.15, 0.2) is 182 Å². The average molecular weight is 1970 g/mol. The largest absolute Gasteiger partial charge is 0.497 e. The first-order valence-electron chi connectivity index (χ1n) is 42.8. The number of Topliss-reactive ketones (excluding diaryl/α,β-unsaturated/α-hetero) is 3. The number of benzene rings is 11. The summed E-state index contributed by atoms with van der Waals surface area (Å²) in [6.45, 7) is 12.9. The summed E-state index contributed by atoms with van der Waals surface area (Å²) in [6.07, 6.45) is 2.16. The molecule has 34 heteroatoms. The Morgan fingerprint density at radius 2 is 0.535 bits per heavy atom. The number of carboxylic acids is 1. The molecule has 142 heavy (non-hydrogen) atoms. The summed E-state index contributed by atoms with van der Waals surface area (Å²) in [5.41, 5.74) is 7.56. The lowest BCUT2D eigenvalue weighted by Gasteiger charge is -2.14. The highest BCUT2D eigenvalue weighted by Gasteiger charge is 2.20. The minimum absolute atomic E-state index is 0.0317. The quantitative estimate of drug-likeness (QED) is 0.0232. The predicted octanol–water partition coefficient (Wildman–Crippen LogP) is 20.3. The van der Waals surface area contributed by atoms with Crippen molar-refractivity contribution in [1.82, 2.24) is 0 Å². The number of hydrogen-bond donors (Lipinski definition) is 1. The lowest BCUT2D eigenvalue weighted by Crippen LogP contribution is -2.04. The molecular formula is C108H132N2O32. The van der Waals surface area contributed by atoms with Crippen LogP contribution in [0.1, 0.15) is 130 Å². The number of carbonyl (C=O) groups is 6. The minimum atomic E-state index is -1.03. The zero-order valence-corrected chi connectivity index (χ0v) is 86.8. The topological polar surface area (TPSA) is 401 Å². The molecule has 0 heterocycles. The number of carbonyl (C=O) groups excluding carboxylic acids is 5. The van der Waals surface area contributed by atoms with Crippen LogP contribution in [0.4, 0.5) is 0 Å². The van der Waals surface area contributed by atoms with Crippen molar-refractivity contribution in [2.75, 3.05) is 178 Å². The van der Waals surface area contributed by atoms with Crippen molar-refractivity contribution in [3.05, 3.63) is 249 Å². The van der Waals surface area contributed by atoms with Gasteiger partial charge in [-0.25, -0.2) is 9.59 Å². The lowest BCUT2D eigenvalue weighted by molar-refractivity contribution is 0.0595. The van der Waals surface area contributed by atoms with Crippen LogP contribution in [0.5, 0.6) is 138 Å². The second-order valence-corrected chi connectivity index (χ2v) is 27.8. The summed E-state index contributed by atoms with van der Waals surface area (Å²) in [5, 5.41) is 26.5. The third-order valence-corrected chi connectivity index (χ3v) is 19.9. The van der Waals surface area contributed by atoms with Crippen molar-refractivity contribution in [1.29, 1.82) is 10.5 Å². The first kappa shape index (κ1) is 123. The zero-order chi connectivity index (χ0) is 107. The maximum Gasteiger partial charge on any atom is 0.341 e. The van der Waals surface area contributed by atoms with Crippen LogP contribution in [0.3, 0.4) is 0 Å². The molecule has 11 rings (SSSR count). The highest BCUT2D eigenvalue weighted by atomic mass is 16.6. The third kappa shape index (κ3) is 38.7. The average Bonchev–Trinajstić information content (AvgIpc) is 0.816. The van der Waals surface area contributed by atoms with Crippen LogP contribution in [0.25, 0.3) is 0 Å². The van der Waals surface area contributed by atoms with Gasteiger partial charge in [-0.3, -0.25) is 19.2 Å². The van der Waals surface area contributed by atoms with Crippen molar-refractivity contribution in [2.45, 2.75) is 61.3 Å². The number of ketones is 3. The number of aromatic carboxylic acids is 1. The molecule has 11 aromatic carbocycles. The highest BCUT2D eigenvalue weighted by molar-refractivity contribution is 5.99. The van der Waals surface area contributed by atoms with Gasteiger partial charge in [0.25, 0.3) is 0 Å². The summed E-state index contributed by atoms with van der Waals surface area (Å²) in [4.78, 5) is 66.4. The lowest BCUT2D eigenvalue weighted by atomic mass is 10.1. The van der Waals surface area contributed by atoms with Gasteiger partial charge in [0, 0.05) is 6.42 Å². The van der Waals surface area contributed by atoms with Crippen molar-refractivity contribution < 1.29 is 152 Å². The van der Waals surface area contributed by atoms with E-state index in [2.05, 4.69) is 11.7 Å². The number of methoxy groups -OCH3 is 25. The van der Waals surface area contributed by atoms with E-state index in [-0.39, 0.29) is 34.0 Å². The SMILES string of the molecule is CCC(=O)c1cc(OC)ccc1OC.CCc1cc(OC)ccc1OC.COC(=O)c1cc(OC)ccc1OC.COc1ccc(OC)c(C#N)c1C#N.COc1ccc(OC)c(C(=O)O)c1.COc1ccc(OC)c(C(C)=O)c1.COc1ccc(OC)c(C(C)=O)c1.COc1ccc(OC)c(C)c1.COc1ccc(OC)c(C)c1C.COc1ccc(OC)c(C=O)c1.COc1ccc(OC)c(OC)c1OC. The molecule has 0 saturated heterocycles. The Morgan fingerprint density at radius 3 is 0.817 bits per heavy atom. The molecule has 0 aliphatic rings. The van der Waals surface area contributed by atoms with Gasteiger partial charge in [0.15, 0.2) is 35.1 Å². The Balaban J connectivity index is 0.000000782. The predicted molar refractivity (Wildman–Crippen MR) is 539 cm³/mol. The van der Waals surface area contributed by atoms with Gasteiger partial charge in [-0.05, 0) is 245 Å². The van der Waals surface area contributed by atoms with E-state index in [4.69, 9.17) is 129 Å². The number of nitrogens with zero attached hydrogens (tertiary/aromatic N) is 2. The number of ether oxygens (including phenoxy) is 25. The number of aryl methyl sites for hydroxylation is 2. The van der Waals surface area contributed by atoms with Crippen molar-refractivity contribution in [3.63, 3.8) is 0 Å². The molecule has 0 saturated carbocycles. The normalized spacial score (nSPS) is 9.37. The van der Waals surface area contributed by atoms with E-state index in [0.717, 1.165) is 63.9 Å². The second-order valence-electron chi connectivity index (χ2n) is 27.8. The Bertz CT molecular complexity index is 5540. The van der Waals surface area contributed by atoms with E-state index in [0.29, 0.717) is 138 Å². The van der Waals surface area contributed by atoms with Crippen molar-refractivity contribution in [2.24, 2.45) is 0 Å². The van der Waals surface area contributed by atoms with Gasteiger partial charge < -0.3 is 124 Å². The zero-order valence-electron chi connectivity index (χ0n) is 86.8. The minimum Gasteiger partial charge on any atom is -0.497 e. The number of rotatable bonds is 32. The van der Waals surface area contributed by atoms with Crippen LogP contribution in [0.2, 0.25) is 0 Å². The monoisotopic (exact) mass is 1970 g/mol. The summed E-state index contributed by atoms with van der Waals surface area (Å²) >= 11 is 0.